The van der Waals surface area contributed by atoms with Crippen LogP contribution in [0, 0.1) is 0 Å². The molecule has 0 amide bonds. The zero-order chi connectivity index (χ0) is 10.5. The summed E-state index contributed by atoms with van der Waals surface area (Å²) in [6.07, 6.45) is 1.69. The standard InChI is InChI=1S/C11H11NO3/c13-8-12-5-9-1-3-10(4-2-9)15-11-6-14-7-11/h1-4,11H,5-7H2. The van der Waals surface area contributed by atoms with Gasteiger partial charge in [-0.05, 0) is 17.7 Å². The lowest BCUT2D eigenvalue weighted by Gasteiger charge is -2.26. The summed E-state index contributed by atoms with van der Waals surface area (Å²) in [6, 6.07) is 7.51. The average Bonchev–Trinajstić information content (AvgIpc) is 2.22. The number of hydrogen-bond donors (Lipinski definition) is 0. The predicted octanol–water partition coefficient (Wildman–Crippen LogP) is 1.30. The Labute approximate surface area is 87.5 Å². The van der Waals surface area contributed by atoms with E-state index in [-0.39, 0.29) is 6.10 Å². The molecule has 4 heteroatoms. The Balaban J connectivity index is 1.93. The molecule has 0 radical (unpaired) electrons. The molecule has 0 N–H and O–H groups in total. The van der Waals surface area contributed by atoms with E-state index in [0.717, 1.165) is 11.3 Å². The number of nitrogens with zero attached hydrogens (tertiary/aromatic N) is 1. The summed E-state index contributed by atoms with van der Waals surface area (Å²) in [6.45, 7) is 1.70. The SMILES string of the molecule is O=C=NCc1ccc(OC2COC2)cc1. The smallest absolute Gasteiger partial charge is 0.235 e. The van der Waals surface area contributed by atoms with Crippen LogP contribution in [0.5, 0.6) is 5.75 Å². The quantitative estimate of drug-likeness (QED) is 0.550. The molecule has 15 heavy (non-hydrogen) atoms. The van der Waals surface area contributed by atoms with Gasteiger partial charge in [-0.25, -0.2) is 9.79 Å². The van der Waals surface area contributed by atoms with E-state index in [1.165, 1.54) is 6.08 Å². The minimum atomic E-state index is 0.184. The van der Waals surface area contributed by atoms with Gasteiger partial charge < -0.3 is 9.47 Å². The van der Waals surface area contributed by atoms with Gasteiger partial charge in [0.05, 0.1) is 19.8 Å². The van der Waals surface area contributed by atoms with Crippen LogP contribution in [-0.4, -0.2) is 25.4 Å². The van der Waals surface area contributed by atoms with Gasteiger partial charge in [-0.1, -0.05) is 12.1 Å². The van der Waals surface area contributed by atoms with E-state index in [2.05, 4.69) is 4.99 Å². The minimum absolute atomic E-state index is 0.184. The molecule has 1 aromatic carbocycles. The Kier molecular flexibility index (Phi) is 3.12. The maximum atomic E-state index is 9.91. The van der Waals surface area contributed by atoms with Gasteiger partial charge in [0.1, 0.15) is 11.9 Å². The first-order chi connectivity index (χ1) is 7.38. The fraction of sp³-hybridized carbons (Fsp3) is 0.364. The van der Waals surface area contributed by atoms with Crippen LogP contribution in [0.2, 0.25) is 0 Å². The third-order valence-corrected chi connectivity index (χ3v) is 2.16. The lowest BCUT2D eigenvalue weighted by Crippen LogP contribution is -2.38. The van der Waals surface area contributed by atoms with Crippen molar-refractivity contribution in [3.05, 3.63) is 29.8 Å². The van der Waals surface area contributed by atoms with Gasteiger partial charge in [-0.3, -0.25) is 0 Å². The molecule has 1 saturated heterocycles. The second kappa shape index (κ2) is 4.73. The first-order valence-corrected chi connectivity index (χ1v) is 4.75. The monoisotopic (exact) mass is 205 g/mol. The molecule has 1 aliphatic rings. The number of benzene rings is 1. The van der Waals surface area contributed by atoms with Crippen LogP contribution in [0.3, 0.4) is 0 Å². The van der Waals surface area contributed by atoms with Gasteiger partial charge in [0.2, 0.25) is 6.08 Å². The van der Waals surface area contributed by atoms with Gasteiger partial charge in [0.25, 0.3) is 0 Å². The molecule has 1 aliphatic heterocycles. The highest BCUT2D eigenvalue weighted by molar-refractivity contribution is 5.34. The number of rotatable bonds is 4. The summed E-state index contributed by atoms with van der Waals surface area (Å²) in [7, 11) is 0. The molecule has 1 heterocycles. The molecule has 0 atom stereocenters. The van der Waals surface area contributed by atoms with Crippen molar-refractivity contribution in [2.75, 3.05) is 13.2 Å². The zero-order valence-corrected chi connectivity index (χ0v) is 8.18. The number of isocyanates is 1. The number of aliphatic imine (C=N–C) groups is 1. The summed E-state index contributed by atoms with van der Waals surface area (Å²) in [5.41, 5.74) is 0.968. The normalized spacial score (nSPS) is 15.2. The van der Waals surface area contributed by atoms with Crippen molar-refractivity contribution in [2.24, 2.45) is 4.99 Å². The Hall–Kier alpha value is -1.64. The van der Waals surface area contributed by atoms with E-state index in [1.54, 1.807) is 0 Å². The zero-order valence-electron chi connectivity index (χ0n) is 8.18. The fourth-order valence-corrected chi connectivity index (χ4v) is 1.27. The van der Waals surface area contributed by atoms with E-state index in [9.17, 15) is 4.79 Å². The van der Waals surface area contributed by atoms with E-state index < -0.39 is 0 Å². The summed E-state index contributed by atoms with van der Waals surface area (Å²) in [5.74, 6) is 0.821. The Bertz CT molecular complexity index is 364. The first-order valence-electron chi connectivity index (χ1n) is 4.75. The summed E-state index contributed by atoms with van der Waals surface area (Å²) in [4.78, 5) is 13.4. The summed E-state index contributed by atoms with van der Waals surface area (Å²) < 4.78 is 10.6. The molecule has 0 spiro atoms. The van der Waals surface area contributed by atoms with Crippen LogP contribution in [0.4, 0.5) is 0 Å². The highest BCUT2D eigenvalue weighted by Crippen LogP contribution is 2.17. The molecule has 2 rings (SSSR count). The van der Waals surface area contributed by atoms with Crippen LogP contribution in [0.25, 0.3) is 0 Å². The molecule has 0 unspecified atom stereocenters. The highest BCUT2D eigenvalue weighted by Gasteiger charge is 2.19. The molecule has 0 aliphatic carbocycles. The summed E-state index contributed by atoms with van der Waals surface area (Å²) >= 11 is 0. The number of hydrogen-bond acceptors (Lipinski definition) is 4. The number of carbonyl (C=O) groups excluding carboxylic acids is 1. The Morgan fingerprint density at radius 3 is 2.67 bits per heavy atom. The Morgan fingerprint density at radius 1 is 1.40 bits per heavy atom. The molecule has 0 aromatic heterocycles. The van der Waals surface area contributed by atoms with Crippen molar-refractivity contribution in [2.45, 2.75) is 12.6 Å². The van der Waals surface area contributed by atoms with Gasteiger partial charge in [-0.2, -0.15) is 0 Å². The van der Waals surface area contributed by atoms with Gasteiger partial charge in [0.15, 0.2) is 0 Å². The van der Waals surface area contributed by atoms with Crippen LogP contribution in [0.1, 0.15) is 5.56 Å². The van der Waals surface area contributed by atoms with Crippen molar-refractivity contribution in [1.82, 2.24) is 0 Å². The second-order valence-electron chi connectivity index (χ2n) is 3.33. The van der Waals surface area contributed by atoms with E-state index in [1.807, 2.05) is 24.3 Å². The van der Waals surface area contributed by atoms with Crippen LogP contribution in [0.15, 0.2) is 29.3 Å². The van der Waals surface area contributed by atoms with Crippen molar-refractivity contribution in [1.29, 1.82) is 0 Å². The van der Waals surface area contributed by atoms with Crippen molar-refractivity contribution >= 4 is 6.08 Å². The molecule has 1 aromatic rings. The van der Waals surface area contributed by atoms with Crippen LogP contribution < -0.4 is 4.74 Å². The van der Waals surface area contributed by atoms with Crippen LogP contribution in [-0.2, 0) is 16.1 Å². The molecule has 78 valence electrons. The third kappa shape index (κ3) is 2.65. The lowest BCUT2D eigenvalue weighted by molar-refractivity contribution is -0.0796. The van der Waals surface area contributed by atoms with Crippen LogP contribution >= 0.6 is 0 Å². The van der Waals surface area contributed by atoms with Gasteiger partial charge >= 0.3 is 0 Å². The summed E-state index contributed by atoms with van der Waals surface area (Å²) in [5, 5.41) is 0. The third-order valence-electron chi connectivity index (χ3n) is 2.16. The average molecular weight is 205 g/mol. The Morgan fingerprint density at radius 2 is 2.13 bits per heavy atom. The van der Waals surface area contributed by atoms with Crippen molar-refractivity contribution < 1.29 is 14.3 Å². The van der Waals surface area contributed by atoms with Crippen molar-refractivity contribution in [3.63, 3.8) is 0 Å². The second-order valence-corrected chi connectivity index (χ2v) is 3.33. The molecule has 0 bridgehead atoms. The lowest BCUT2D eigenvalue weighted by atomic mass is 10.2. The molecule has 4 nitrogen and oxygen atoms in total. The van der Waals surface area contributed by atoms with E-state index in [0.29, 0.717) is 19.8 Å². The maximum Gasteiger partial charge on any atom is 0.235 e. The van der Waals surface area contributed by atoms with E-state index in [4.69, 9.17) is 9.47 Å². The molecule has 1 fully saturated rings. The molecule has 0 saturated carbocycles. The fourth-order valence-electron chi connectivity index (χ4n) is 1.27. The van der Waals surface area contributed by atoms with Crippen molar-refractivity contribution in [3.8, 4) is 5.75 Å². The maximum absolute atomic E-state index is 9.91. The first kappa shape index (κ1) is 9.90. The van der Waals surface area contributed by atoms with E-state index >= 15 is 0 Å². The van der Waals surface area contributed by atoms with Gasteiger partial charge in [0, 0.05) is 0 Å². The molecular weight excluding hydrogens is 194 g/mol. The van der Waals surface area contributed by atoms with Gasteiger partial charge in [-0.15, -0.1) is 0 Å². The predicted molar refractivity (Wildman–Crippen MR) is 53.5 cm³/mol. The highest BCUT2D eigenvalue weighted by atomic mass is 16.6. The number of ether oxygens (including phenoxy) is 2. The minimum Gasteiger partial charge on any atom is -0.486 e. The largest absolute Gasteiger partial charge is 0.486 e. The molecular formula is C11H11NO3. The topological polar surface area (TPSA) is 47.9 Å².